The van der Waals surface area contributed by atoms with E-state index in [2.05, 4.69) is 57.2 Å². The standard InChI is InChI=1S/C19H32N2/c1-15-11-16(2)18(17(3)12-15)13-20-14-19(21(4)5)9-7-6-8-10-19/h11-12,20H,6-10,13-14H2,1-5H3. The molecule has 0 atom stereocenters. The largest absolute Gasteiger partial charge is 0.311 e. The zero-order valence-electron chi connectivity index (χ0n) is 14.6. The van der Waals surface area contributed by atoms with Crippen molar-refractivity contribution < 1.29 is 0 Å². The van der Waals surface area contributed by atoms with E-state index in [9.17, 15) is 0 Å². The molecule has 2 heteroatoms. The third kappa shape index (κ3) is 3.87. The number of nitrogens with zero attached hydrogens (tertiary/aromatic N) is 1. The maximum Gasteiger partial charge on any atom is 0.0328 e. The molecule has 0 aliphatic heterocycles. The lowest BCUT2D eigenvalue weighted by Crippen LogP contribution is -2.52. The van der Waals surface area contributed by atoms with Gasteiger partial charge in [-0.15, -0.1) is 0 Å². The Hall–Kier alpha value is -0.860. The second-order valence-electron chi connectivity index (χ2n) is 7.16. The SMILES string of the molecule is Cc1cc(C)c(CNCC2(N(C)C)CCCCC2)c(C)c1. The van der Waals surface area contributed by atoms with Gasteiger partial charge in [0.2, 0.25) is 0 Å². The molecular weight excluding hydrogens is 256 g/mol. The smallest absolute Gasteiger partial charge is 0.0328 e. The average Bonchev–Trinajstić information content (AvgIpc) is 2.42. The summed E-state index contributed by atoms with van der Waals surface area (Å²) >= 11 is 0. The number of benzene rings is 1. The van der Waals surface area contributed by atoms with Gasteiger partial charge in [-0.3, -0.25) is 0 Å². The fraction of sp³-hybridized carbons (Fsp3) is 0.684. The lowest BCUT2D eigenvalue weighted by atomic mass is 9.80. The molecule has 0 heterocycles. The molecule has 0 aromatic heterocycles. The zero-order chi connectivity index (χ0) is 15.5. The van der Waals surface area contributed by atoms with Crippen LogP contribution in [-0.4, -0.2) is 31.1 Å². The first-order chi connectivity index (χ1) is 9.94. The predicted octanol–water partition coefficient (Wildman–Crippen LogP) is 3.97. The highest BCUT2D eigenvalue weighted by Crippen LogP contribution is 2.31. The van der Waals surface area contributed by atoms with Crippen LogP contribution in [0.5, 0.6) is 0 Å². The molecule has 0 amide bonds. The second-order valence-corrected chi connectivity index (χ2v) is 7.16. The normalized spacial score (nSPS) is 18.2. The molecule has 2 rings (SSSR count). The van der Waals surface area contributed by atoms with Crippen LogP contribution in [0.3, 0.4) is 0 Å². The fourth-order valence-corrected chi connectivity index (χ4v) is 3.90. The van der Waals surface area contributed by atoms with Crippen LogP contribution < -0.4 is 5.32 Å². The third-order valence-electron chi connectivity index (χ3n) is 5.33. The molecule has 1 aromatic rings. The first kappa shape index (κ1) is 16.5. The Morgan fingerprint density at radius 1 is 1.00 bits per heavy atom. The molecule has 1 aliphatic carbocycles. The van der Waals surface area contributed by atoms with Crippen LogP contribution in [0.15, 0.2) is 12.1 Å². The summed E-state index contributed by atoms with van der Waals surface area (Å²) in [7, 11) is 4.49. The first-order valence-corrected chi connectivity index (χ1v) is 8.39. The van der Waals surface area contributed by atoms with Crippen molar-refractivity contribution in [2.45, 2.75) is 65.0 Å². The maximum atomic E-state index is 3.75. The van der Waals surface area contributed by atoms with Crippen LogP contribution >= 0.6 is 0 Å². The highest BCUT2D eigenvalue weighted by molar-refractivity contribution is 5.37. The van der Waals surface area contributed by atoms with E-state index in [0.29, 0.717) is 5.54 Å². The van der Waals surface area contributed by atoms with Gasteiger partial charge in [0.15, 0.2) is 0 Å². The topological polar surface area (TPSA) is 15.3 Å². The molecule has 1 aliphatic rings. The number of hydrogen-bond donors (Lipinski definition) is 1. The molecule has 1 N–H and O–H groups in total. The summed E-state index contributed by atoms with van der Waals surface area (Å²) in [4.78, 5) is 2.45. The number of nitrogens with one attached hydrogen (secondary N) is 1. The van der Waals surface area contributed by atoms with Crippen molar-refractivity contribution in [2.75, 3.05) is 20.6 Å². The van der Waals surface area contributed by atoms with Gasteiger partial charge < -0.3 is 10.2 Å². The van der Waals surface area contributed by atoms with Gasteiger partial charge in [0.05, 0.1) is 0 Å². The number of rotatable bonds is 5. The summed E-state index contributed by atoms with van der Waals surface area (Å²) in [5.74, 6) is 0. The van der Waals surface area contributed by atoms with Crippen molar-refractivity contribution >= 4 is 0 Å². The molecule has 1 fully saturated rings. The molecule has 1 aromatic carbocycles. The van der Waals surface area contributed by atoms with E-state index < -0.39 is 0 Å². The Labute approximate surface area is 130 Å². The molecule has 118 valence electrons. The first-order valence-electron chi connectivity index (χ1n) is 8.39. The quantitative estimate of drug-likeness (QED) is 0.882. The van der Waals surface area contributed by atoms with Crippen LogP contribution in [0.2, 0.25) is 0 Å². The van der Waals surface area contributed by atoms with E-state index in [-0.39, 0.29) is 0 Å². The lowest BCUT2D eigenvalue weighted by molar-refractivity contribution is 0.0983. The number of likely N-dealkylation sites (N-methyl/N-ethyl adjacent to an activating group) is 1. The molecule has 2 nitrogen and oxygen atoms in total. The highest BCUT2D eigenvalue weighted by atomic mass is 15.2. The molecule has 0 saturated heterocycles. The van der Waals surface area contributed by atoms with E-state index in [1.54, 1.807) is 0 Å². The van der Waals surface area contributed by atoms with E-state index in [4.69, 9.17) is 0 Å². The molecule has 1 saturated carbocycles. The molecular formula is C19H32N2. The molecule has 0 radical (unpaired) electrons. The average molecular weight is 288 g/mol. The van der Waals surface area contributed by atoms with E-state index in [1.165, 1.54) is 54.4 Å². The van der Waals surface area contributed by atoms with Crippen LogP contribution in [0.1, 0.15) is 54.4 Å². The summed E-state index contributed by atoms with van der Waals surface area (Å²) in [6.07, 6.45) is 6.83. The predicted molar refractivity (Wildman–Crippen MR) is 91.9 cm³/mol. The summed E-state index contributed by atoms with van der Waals surface area (Å²) in [5.41, 5.74) is 6.05. The number of hydrogen-bond acceptors (Lipinski definition) is 2. The fourth-order valence-electron chi connectivity index (χ4n) is 3.90. The van der Waals surface area contributed by atoms with Gasteiger partial charge in [-0.2, -0.15) is 0 Å². The summed E-state index contributed by atoms with van der Waals surface area (Å²) < 4.78 is 0. The summed E-state index contributed by atoms with van der Waals surface area (Å²) in [6.45, 7) is 8.75. The van der Waals surface area contributed by atoms with E-state index in [1.807, 2.05) is 0 Å². The molecule has 0 bridgehead atoms. The molecule has 0 unspecified atom stereocenters. The van der Waals surface area contributed by atoms with Crippen LogP contribution in [0, 0.1) is 20.8 Å². The van der Waals surface area contributed by atoms with Crippen molar-refractivity contribution in [3.63, 3.8) is 0 Å². The lowest BCUT2D eigenvalue weighted by Gasteiger charge is -2.43. The minimum absolute atomic E-state index is 0.366. The Balaban J connectivity index is 2.00. The Morgan fingerprint density at radius 2 is 1.57 bits per heavy atom. The monoisotopic (exact) mass is 288 g/mol. The third-order valence-corrected chi connectivity index (χ3v) is 5.33. The van der Waals surface area contributed by atoms with Crippen molar-refractivity contribution in [1.82, 2.24) is 10.2 Å². The van der Waals surface area contributed by atoms with Crippen LogP contribution in [-0.2, 0) is 6.54 Å². The zero-order valence-corrected chi connectivity index (χ0v) is 14.6. The van der Waals surface area contributed by atoms with Gasteiger partial charge in [0.25, 0.3) is 0 Å². The van der Waals surface area contributed by atoms with Gasteiger partial charge in [-0.25, -0.2) is 0 Å². The second kappa shape index (κ2) is 6.93. The highest BCUT2D eigenvalue weighted by Gasteiger charge is 2.33. The van der Waals surface area contributed by atoms with Gasteiger partial charge in [-0.1, -0.05) is 37.0 Å². The minimum Gasteiger partial charge on any atom is -0.311 e. The molecule has 21 heavy (non-hydrogen) atoms. The van der Waals surface area contributed by atoms with Crippen molar-refractivity contribution in [1.29, 1.82) is 0 Å². The van der Waals surface area contributed by atoms with E-state index in [0.717, 1.165) is 13.1 Å². The maximum absolute atomic E-state index is 3.75. The van der Waals surface area contributed by atoms with Crippen LogP contribution in [0.4, 0.5) is 0 Å². The van der Waals surface area contributed by atoms with Gasteiger partial charge in [0, 0.05) is 18.6 Å². The van der Waals surface area contributed by atoms with Crippen molar-refractivity contribution in [3.05, 3.63) is 34.4 Å². The number of aryl methyl sites for hydroxylation is 3. The van der Waals surface area contributed by atoms with Gasteiger partial charge in [0.1, 0.15) is 0 Å². The Morgan fingerprint density at radius 3 is 2.10 bits per heavy atom. The summed E-state index contributed by atoms with van der Waals surface area (Å²) in [5, 5.41) is 3.75. The minimum atomic E-state index is 0.366. The van der Waals surface area contributed by atoms with Gasteiger partial charge in [-0.05, 0) is 64.4 Å². The van der Waals surface area contributed by atoms with Crippen molar-refractivity contribution in [2.24, 2.45) is 0 Å². The van der Waals surface area contributed by atoms with Crippen molar-refractivity contribution in [3.8, 4) is 0 Å². The Bertz CT molecular complexity index is 447. The van der Waals surface area contributed by atoms with Crippen LogP contribution in [0.25, 0.3) is 0 Å². The van der Waals surface area contributed by atoms with E-state index >= 15 is 0 Å². The molecule has 0 spiro atoms. The van der Waals surface area contributed by atoms with Gasteiger partial charge >= 0.3 is 0 Å². The Kier molecular flexibility index (Phi) is 5.45. The summed E-state index contributed by atoms with van der Waals surface area (Å²) in [6, 6.07) is 4.60.